The van der Waals surface area contributed by atoms with Crippen LogP contribution in [0.3, 0.4) is 0 Å². The molecule has 1 saturated carbocycles. The van der Waals surface area contributed by atoms with Crippen LogP contribution in [0.1, 0.15) is 62.3 Å². The van der Waals surface area contributed by atoms with Gasteiger partial charge in [-0.3, -0.25) is 13.9 Å². The summed E-state index contributed by atoms with van der Waals surface area (Å²) in [5, 5.41) is 9.72. The van der Waals surface area contributed by atoms with Crippen molar-refractivity contribution < 1.29 is 32.2 Å². The molecule has 2 aliphatic rings. The SMILES string of the molecule is CC[C@@H](CN(c1ccccc1F)S(=O)(=O)C1CC1)N1C(=O)[C@H](CCC(=O)O)O[C@H](c2cccc(Cl)c2)[C@H]1c1ccc(Cl)cc1. The molecule has 2 fully saturated rings. The highest BCUT2D eigenvalue weighted by atomic mass is 35.5. The molecule has 1 aliphatic heterocycles. The van der Waals surface area contributed by atoms with E-state index in [1.165, 1.54) is 18.2 Å². The molecule has 5 rings (SSSR count). The Morgan fingerprint density at radius 3 is 2.36 bits per heavy atom. The van der Waals surface area contributed by atoms with E-state index >= 15 is 4.39 Å². The van der Waals surface area contributed by atoms with Crippen LogP contribution in [0.4, 0.5) is 10.1 Å². The van der Waals surface area contributed by atoms with Crippen LogP contribution in [0, 0.1) is 5.82 Å². The molecule has 234 valence electrons. The Hall–Kier alpha value is -3.18. The summed E-state index contributed by atoms with van der Waals surface area (Å²) in [4.78, 5) is 27.5. The molecular weight excluding hydrogens is 630 g/mol. The van der Waals surface area contributed by atoms with Gasteiger partial charge in [0.2, 0.25) is 10.0 Å². The number of ether oxygens (including phenoxy) is 1. The zero-order chi connectivity index (χ0) is 31.6. The van der Waals surface area contributed by atoms with Crippen molar-refractivity contribution in [3.05, 3.63) is 99.8 Å². The summed E-state index contributed by atoms with van der Waals surface area (Å²) < 4.78 is 50.2. The number of rotatable bonds is 12. The number of anilines is 1. The fourth-order valence-electron chi connectivity index (χ4n) is 5.70. The lowest BCUT2D eigenvalue weighted by atomic mass is 9.89. The molecule has 4 atom stereocenters. The molecule has 1 heterocycles. The second-order valence-corrected chi connectivity index (χ2v) is 14.1. The van der Waals surface area contributed by atoms with Crippen LogP contribution in [0.25, 0.3) is 0 Å². The fraction of sp³-hybridized carbons (Fsp3) is 0.375. The summed E-state index contributed by atoms with van der Waals surface area (Å²) in [6, 6.07) is 18.1. The number of hydrogen-bond acceptors (Lipinski definition) is 5. The van der Waals surface area contributed by atoms with Gasteiger partial charge >= 0.3 is 5.97 Å². The molecule has 8 nitrogen and oxygen atoms in total. The predicted molar refractivity (Wildman–Crippen MR) is 167 cm³/mol. The predicted octanol–water partition coefficient (Wildman–Crippen LogP) is 6.78. The number of carbonyl (C=O) groups excluding carboxylic acids is 1. The monoisotopic (exact) mass is 662 g/mol. The Morgan fingerprint density at radius 1 is 1.05 bits per heavy atom. The number of morpholine rings is 1. The quantitative estimate of drug-likeness (QED) is 0.229. The molecule has 3 aromatic rings. The first-order chi connectivity index (χ1) is 21.0. The van der Waals surface area contributed by atoms with Gasteiger partial charge in [-0.1, -0.05) is 66.5 Å². The van der Waals surface area contributed by atoms with Gasteiger partial charge in [0.25, 0.3) is 5.91 Å². The van der Waals surface area contributed by atoms with Crippen LogP contribution in [0.15, 0.2) is 72.8 Å². The van der Waals surface area contributed by atoms with Crippen LogP contribution < -0.4 is 4.31 Å². The minimum absolute atomic E-state index is 0.0876. The third-order valence-electron chi connectivity index (χ3n) is 8.05. The fourth-order valence-corrected chi connectivity index (χ4v) is 7.91. The molecule has 1 saturated heterocycles. The number of amides is 1. The minimum Gasteiger partial charge on any atom is -0.481 e. The van der Waals surface area contributed by atoms with E-state index in [1.807, 2.05) is 13.0 Å². The number of carboxylic acids is 1. The van der Waals surface area contributed by atoms with Crippen molar-refractivity contribution in [1.82, 2.24) is 4.90 Å². The van der Waals surface area contributed by atoms with E-state index in [1.54, 1.807) is 53.4 Å². The molecule has 0 bridgehead atoms. The molecule has 0 unspecified atom stereocenters. The maximum absolute atomic E-state index is 15.2. The topological polar surface area (TPSA) is 104 Å². The highest BCUT2D eigenvalue weighted by Crippen LogP contribution is 2.45. The van der Waals surface area contributed by atoms with Gasteiger partial charge in [-0.25, -0.2) is 12.8 Å². The highest BCUT2D eigenvalue weighted by molar-refractivity contribution is 7.93. The van der Waals surface area contributed by atoms with E-state index in [4.69, 9.17) is 27.9 Å². The van der Waals surface area contributed by atoms with Gasteiger partial charge in [0, 0.05) is 16.5 Å². The number of benzene rings is 3. The molecule has 1 amide bonds. The Kier molecular flexibility index (Phi) is 9.84. The van der Waals surface area contributed by atoms with E-state index < -0.39 is 57.3 Å². The molecule has 1 aliphatic carbocycles. The van der Waals surface area contributed by atoms with Crippen molar-refractivity contribution in [2.24, 2.45) is 0 Å². The number of sulfonamides is 1. The lowest BCUT2D eigenvalue weighted by Gasteiger charge is -2.49. The van der Waals surface area contributed by atoms with Gasteiger partial charge in [0.1, 0.15) is 18.0 Å². The second kappa shape index (κ2) is 13.4. The summed E-state index contributed by atoms with van der Waals surface area (Å²) >= 11 is 12.6. The van der Waals surface area contributed by atoms with Crippen molar-refractivity contribution >= 4 is 50.8 Å². The van der Waals surface area contributed by atoms with Crippen molar-refractivity contribution in [3.8, 4) is 0 Å². The molecule has 12 heteroatoms. The van der Waals surface area contributed by atoms with Crippen molar-refractivity contribution in [2.75, 3.05) is 10.8 Å². The average Bonchev–Trinajstić information content (AvgIpc) is 3.85. The maximum Gasteiger partial charge on any atom is 0.303 e. The van der Waals surface area contributed by atoms with E-state index in [2.05, 4.69) is 0 Å². The normalized spacial score (nSPS) is 21.2. The first-order valence-electron chi connectivity index (χ1n) is 14.5. The van der Waals surface area contributed by atoms with Crippen LogP contribution in [0.2, 0.25) is 10.0 Å². The van der Waals surface area contributed by atoms with Crippen LogP contribution in [0.5, 0.6) is 0 Å². The molecule has 44 heavy (non-hydrogen) atoms. The largest absolute Gasteiger partial charge is 0.481 e. The highest BCUT2D eigenvalue weighted by Gasteiger charge is 2.48. The Morgan fingerprint density at radius 2 is 1.75 bits per heavy atom. The average molecular weight is 664 g/mol. The molecule has 0 spiro atoms. The van der Waals surface area contributed by atoms with E-state index in [-0.39, 0.29) is 25.1 Å². The van der Waals surface area contributed by atoms with Gasteiger partial charge in [0.15, 0.2) is 0 Å². The van der Waals surface area contributed by atoms with Crippen LogP contribution >= 0.6 is 23.2 Å². The standard InChI is InChI=1S/C32H33Cl2FN2O6S/c1-2-24(19-36(44(41,42)25-14-15-25)27-9-4-3-8-26(27)35)37-30(20-10-12-22(33)13-11-20)31(21-6-5-7-23(34)18-21)43-28(32(37)40)16-17-29(38)39/h3-13,18,24-25,28,30-31H,2,14-17,19H2,1H3,(H,38,39)/t24-,28-,30+,31+/m0/s1. The van der Waals surface area contributed by atoms with E-state index in [0.717, 1.165) is 4.31 Å². The molecule has 3 aromatic carbocycles. The molecule has 0 aromatic heterocycles. The van der Waals surface area contributed by atoms with Crippen LogP contribution in [-0.4, -0.2) is 54.2 Å². The second-order valence-electron chi connectivity index (χ2n) is 11.1. The van der Waals surface area contributed by atoms with Gasteiger partial charge in [-0.2, -0.15) is 0 Å². The zero-order valence-corrected chi connectivity index (χ0v) is 26.3. The van der Waals surface area contributed by atoms with E-state index in [0.29, 0.717) is 40.4 Å². The van der Waals surface area contributed by atoms with Crippen molar-refractivity contribution in [1.29, 1.82) is 0 Å². The summed E-state index contributed by atoms with van der Waals surface area (Å²) in [5.41, 5.74) is 1.24. The number of nitrogens with zero attached hydrogens (tertiary/aromatic N) is 2. The number of carbonyl (C=O) groups is 2. The molecule has 1 N–H and O–H groups in total. The van der Waals surface area contributed by atoms with Gasteiger partial charge in [-0.05, 0) is 73.2 Å². The maximum atomic E-state index is 15.2. The first-order valence-corrected chi connectivity index (χ1v) is 16.7. The molecular formula is C32H33Cl2FN2O6S. The zero-order valence-electron chi connectivity index (χ0n) is 24.0. The number of para-hydroxylation sites is 1. The first kappa shape index (κ1) is 32.2. The third-order valence-corrected chi connectivity index (χ3v) is 10.8. The summed E-state index contributed by atoms with van der Waals surface area (Å²) in [7, 11) is -3.95. The lowest BCUT2D eigenvalue weighted by molar-refractivity contribution is -0.180. The number of aliphatic carboxylic acids is 1. The van der Waals surface area contributed by atoms with Crippen LogP contribution in [-0.2, 0) is 24.3 Å². The number of hydrogen-bond donors (Lipinski definition) is 1. The smallest absolute Gasteiger partial charge is 0.303 e. The Labute approximate surface area is 266 Å². The Bertz CT molecular complexity index is 1620. The molecule has 0 radical (unpaired) electrons. The Balaban J connectivity index is 1.64. The van der Waals surface area contributed by atoms with E-state index in [9.17, 15) is 23.1 Å². The van der Waals surface area contributed by atoms with Gasteiger partial charge in [-0.15, -0.1) is 0 Å². The summed E-state index contributed by atoms with van der Waals surface area (Å²) in [6.45, 7) is 1.62. The lowest BCUT2D eigenvalue weighted by Crippen LogP contribution is -2.58. The van der Waals surface area contributed by atoms with Crippen molar-refractivity contribution in [2.45, 2.75) is 68.6 Å². The number of carboxylic acid groups (broad SMARTS) is 1. The number of halogens is 3. The minimum atomic E-state index is -3.95. The van der Waals surface area contributed by atoms with Crippen molar-refractivity contribution in [3.63, 3.8) is 0 Å². The third kappa shape index (κ3) is 6.88. The van der Waals surface area contributed by atoms with Gasteiger partial charge in [0.05, 0.1) is 29.6 Å². The summed E-state index contributed by atoms with van der Waals surface area (Å²) in [5.74, 6) is -2.25. The van der Waals surface area contributed by atoms with Gasteiger partial charge < -0.3 is 14.7 Å². The summed E-state index contributed by atoms with van der Waals surface area (Å²) in [6.07, 6.45) is -1.06.